The summed E-state index contributed by atoms with van der Waals surface area (Å²) in [6.07, 6.45) is 0. The van der Waals surface area contributed by atoms with Gasteiger partial charge in [0.1, 0.15) is 11.5 Å². The van der Waals surface area contributed by atoms with Gasteiger partial charge in [-0.2, -0.15) is 0 Å². The summed E-state index contributed by atoms with van der Waals surface area (Å²) >= 11 is 0. The first-order chi connectivity index (χ1) is 18.2. The molecule has 0 aromatic heterocycles. The van der Waals surface area contributed by atoms with E-state index >= 15 is 0 Å². The van der Waals surface area contributed by atoms with Crippen LogP contribution in [-0.4, -0.2) is 11.1 Å². The van der Waals surface area contributed by atoms with Crippen LogP contribution in [0.2, 0.25) is 0 Å². The lowest BCUT2D eigenvalue weighted by Gasteiger charge is -2.30. The topological polar surface area (TPSA) is 70.6 Å². The van der Waals surface area contributed by atoms with Crippen LogP contribution in [0.1, 0.15) is 33.0 Å². The third-order valence-electron chi connectivity index (χ3n) is 6.50. The molecular weight excluding hydrogens is 460 g/mol. The zero-order valence-corrected chi connectivity index (χ0v) is 19.9. The molecule has 0 bridgehead atoms. The van der Waals surface area contributed by atoms with Crippen LogP contribution >= 0.6 is 0 Å². The van der Waals surface area contributed by atoms with Gasteiger partial charge >= 0.3 is 5.97 Å². The average Bonchev–Trinajstić information content (AvgIpc) is 2.93. The summed E-state index contributed by atoms with van der Waals surface area (Å²) in [6.45, 7) is 0. The second-order valence-electron chi connectivity index (χ2n) is 8.91. The lowest BCUT2D eigenvalue weighted by molar-refractivity contribution is 0.0695. The summed E-state index contributed by atoms with van der Waals surface area (Å²) in [5, 5.41) is 16.8. The first-order valence-corrected chi connectivity index (χ1v) is 12.1. The average molecular weight is 485 g/mol. The molecule has 0 amide bonds. The molecule has 6 rings (SSSR count). The van der Waals surface area contributed by atoms with E-state index in [1.54, 1.807) is 12.1 Å². The van der Waals surface area contributed by atoms with E-state index in [1.807, 2.05) is 109 Å². The monoisotopic (exact) mass is 484 g/mol. The van der Waals surface area contributed by atoms with Crippen LogP contribution in [0, 0.1) is 0 Å². The molecule has 0 atom stereocenters. The molecule has 0 aliphatic carbocycles. The van der Waals surface area contributed by atoms with Gasteiger partial charge < -0.3 is 20.5 Å². The summed E-state index contributed by atoms with van der Waals surface area (Å²) in [5.74, 6) is 0.142. The molecule has 1 aliphatic heterocycles. The first kappa shape index (κ1) is 22.4. The van der Waals surface area contributed by atoms with Crippen molar-refractivity contribution in [2.75, 3.05) is 10.6 Å². The number of ether oxygens (including phenoxy) is 1. The molecule has 0 saturated heterocycles. The second kappa shape index (κ2) is 9.55. The maximum absolute atomic E-state index is 12.2. The van der Waals surface area contributed by atoms with Gasteiger partial charge in [0.25, 0.3) is 0 Å². The Bertz CT molecular complexity index is 1490. The van der Waals surface area contributed by atoms with Gasteiger partial charge in [0, 0.05) is 51.9 Å². The molecule has 1 heterocycles. The van der Waals surface area contributed by atoms with Gasteiger partial charge in [-0.1, -0.05) is 66.7 Å². The summed E-state index contributed by atoms with van der Waals surface area (Å²) < 4.78 is 6.46. The fourth-order valence-corrected chi connectivity index (χ4v) is 4.82. The van der Waals surface area contributed by atoms with Crippen LogP contribution < -0.4 is 15.4 Å². The van der Waals surface area contributed by atoms with Crippen LogP contribution in [0.4, 0.5) is 22.7 Å². The van der Waals surface area contributed by atoms with E-state index in [-0.39, 0.29) is 11.5 Å². The molecule has 5 aromatic rings. The number of nitrogens with one attached hydrogen (secondary N) is 2. The molecule has 37 heavy (non-hydrogen) atoms. The fourth-order valence-electron chi connectivity index (χ4n) is 4.82. The van der Waals surface area contributed by atoms with Crippen molar-refractivity contribution in [1.29, 1.82) is 0 Å². The minimum atomic E-state index is -0.949. The Kier molecular flexibility index (Phi) is 5.79. The van der Waals surface area contributed by atoms with E-state index in [9.17, 15) is 9.90 Å². The predicted molar refractivity (Wildman–Crippen MR) is 147 cm³/mol. The van der Waals surface area contributed by atoms with Gasteiger partial charge in [-0.05, 0) is 48.0 Å². The molecule has 0 spiro atoms. The van der Waals surface area contributed by atoms with E-state index in [4.69, 9.17) is 4.74 Å². The zero-order chi connectivity index (χ0) is 25.2. The SMILES string of the molecule is O=C(O)c1ccccc1C1c2ccc(Nc3ccccc3)cc2Oc2cc(Nc3ccccc3)ccc21. The fraction of sp³-hybridized carbons (Fsp3) is 0.0312. The number of hydrogen-bond acceptors (Lipinski definition) is 4. The Labute approximate surface area is 215 Å². The number of hydrogen-bond donors (Lipinski definition) is 3. The molecular formula is C32H24N2O3. The largest absolute Gasteiger partial charge is 0.478 e. The van der Waals surface area contributed by atoms with Crippen molar-refractivity contribution in [3.63, 3.8) is 0 Å². The molecule has 3 N–H and O–H groups in total. The molecule has 180 valence electrons. The molecule has 0 fully saturated rings. The van der Waals surface area contributed by atoms with Crippen LogP contribution in [-0.2, 0) is 0 Å². The number of fused-ring (bicyclic) bond motifs is 2. The third kappa shape index (κ3) is 4.50. The Morgan fingerprint density at radius 2 is 1.05 bits per heavy atom. The highest BCUT2D eigenvalue weighted by molar-refractivity contribution is 5.90. The van der Waals surface area contributed by atoms with Crippen LogP contribution in [0.3, 0.4) is 0 Å². The highest BCUT2D eigenvalue weighted by Gasteiger charge is 2.31. The van der Waals surface area contributed by atoms with Gasteiger partial charge in [0.05, 0.1) is 5.56 Å². The normalized spacial score (nSPS) is 12.1. The van der Waals surface area contributed by atoms with Crippen molar-refractivity contribution in [3.8, 4) is 11.5 Å². The quantitative estimate of drug-likeness (QED) is 0.222. The van der Waals surface area contributed by atoms with E-state index in [0.29, 0.717) is 11.5 Å². The molecule has 0 saturated carbocycles. The van der Waals surface area contributed by atoms with Crippen molar-refractivity contribution >= 4 is 28.7 Å². The minimum Gasteiger partial charge on any atom is -0.478 e. The van der Waals surface area contributed by atoms with Crippen LogP contribution in [0.15, 0.2) is 121 Å². The maximum atomic E-state index is 12.2. The van der Waals surface area contributed by atoms with Gasteiger partial charge in [-0.25, -0.2) is 4.79 Å². The molecule has 5 nitrogen and oxygen atoms in total. The summed E-state index contributed by atoms with van der Waals surface area (Å²) in [5.41, 5.74) is 6.57. The van der Waals surface area contributed by atoms with E-state index in [0.717, 1.165) is 39.4 Å². The van der Waals surface area contributed by atoms with Crippen molar-refractivity contribution in [2.45, 2.75) is 5.92 Å². The predicted octanol–water partition coefficient (Wildman–Crippen LogP) is 8.16. The van der Waals surface area contributed by atoms with Crippen molar-refractivity contribution in [1.82, 2.24) is 0 Å². The zero-order valence-electron chi connectivity index (χ0n) is 19.9. The first-order valence-electron chi connectivity index (χ1n) is 12.1. The minimum absolute atomic E-state index is 0.282. The highest BCUT2D eigenvalue weighted by atomic mass is 16.5. The lowest BCUT2D eigenvalue weighted by Crippen LogP contribution is -2.15. The molecule has 0 radical (unpaired) electrons. The smallest absolute Gasteiger partial charge is 0.335 e. The van der Waals surface area contributed by atoms with Crippen molar-refractivity contribution < 1.29 is 14.6 Å². The molecule has 1 aliphatic rings. The van der Waals surface area contributed by atoms with Crippen molar-refractivity contribution in [3.05, 3.63) is 144 Å². The van der Waals surface area contributed by atoms with Crippen molar-refractivity contribution in [2.24, 2.45) is 0 Å². The van der Waals surface area contributed by atoms with E-state index < -0.39 is 5.97 Å². The number of anilines is 4. The standard InChI is InChI=1S/C32H24N2O3/c35-32(36)26-14-8-7-13-25(26)31-27-17-15-23(33-21-9-3-1-4-10-21)19-29(27)37-30-20-24(16-18-28(30)31)34-22-11-5-2-6-12-22/h1-20,31,33-34H,(H,35,36). The number of carbonyl (C=O) groups is 1. The third-order valence-corrected chi connectivity index (χ3v) is 6.50. The maximum Gasteiger partial charge on any atom is 0.335 e. The number of aromatic carboxylic acids is 1. The van der Waals surface area contributed by atoms with Crippen LogP contribution in [0.25, 0.3) is 0 Å². The summed E-state index contributed by atoms with van der Waals surface area (Å²) in [6, 6.07) is 39.0. The Hall–Kier alpha value is -5.03. The highest BCUT2D eigenvalue weighted by Crippen LogP contribution is 2.49. The van der Waals surface area contributed by atoms with E-state index in [1.165, 1.54) is 0 Å². The van der Waals surface area contributed by atoms with Gasteiger partial charge in [0.2, 0.25) is 0 Å². The number of rotatable bonds is 6. The number of benzene rings is 5. The molecule has 5 heteroatoms. The number of para-hydroxylation sites is 2. The summed E-state index contributed by atoms with van der Waals surface area (Å²) in [4.78, 5) is 12.2. The molecule has 0 unspecified atom stereocenters. The second-order valence-corrected chi connectivity index (χ2v) is 8.91. The Morgan fingerprint density at radius 3 is 1.57 bits per heavy atom. The molecule has 5 aromatic carbocycles. The lowest BCUT2D eigenvalue weighted by atomic mass is 9.80. The Balaban J connectivity index is 1.45. The number of carboxylic acids is 1. The summed E-state index contributed by atoms with van der Waals surface area (Å²) in [7, 11) is 0. The Morgan fingerprint density at radius 1 is 0.568 bits per heavy atom. The van der Waals surface area contributed by atoms with Crippen LogP contribution in [0.5, 0.6) is 11.5 Å². The number of carboxylic acid groups (broad SMARTS) is 1. The van der Waals surface area contributed by atoms with E-state index in [2.05, 4.69) is 10.6 Å². The van der Waals surface area contributed by atoms with Gasteiger partial charge in [-0.3, -0.25) is 0 Å². The van der Waals surface area contributed by atoms with Gasteiger partial charge in [-0.15, -0.1) is 0 Å². The van der Waals surface area contributed by atoms with Gasteiger partial charge in [0.15, 0.2) is 0 Å².